The van der Waals surface area contributed by atoms with E-state index in [9.17, 15) is 9.59 Å². The van der Waals surface area contributed by atoms with Crippen LogP contribution < -0.4 is 15.8 Å². The van der Waals surface area contributed by atoms with E-state index in [1.165, 1.54) is 16.8 Å². The summed E-state index contributed by atoms with van der Waals surface area (Å²) in [6, 6.07) is 10.4. The number of anilines is 1. The van der Waals surface area contributed by atoms with E-state index in [1.807, 2.05) is 38.1 Å². The van der Waals surface area contributed by atoms with Gasteiger partial charge in [-0.2, -0.15) is 5.10 Å². The van der Waals surface area contributed by atoms with Crippen LogP contribution in [-0.4, -0.2) is 50.5 Å². The number of carbonyl (C=O) groups is 1. The van der Waals surface area contributed by atoms with Crippen molar-refractivity contribution in [3.05, 3.63) is 64.8 Å². The minimum atomic E-state index is -0.274. The number of aromatic nitrogens is 5. The molecule has 3 aromatic rings. The monoisotopic (exact) mass is 405 g/mol. The minimum absolute atomic E-state index is 0.100. The van der Waals surface area contributed by atoms with E-state index in [1.54, 1.807) is 12.4 Å². The van der Waals surface area contributed by atoms with Crippen LogP contribution in [0.5, 0.6) is 0 Å². The highest BCUT2D eigenvalue weighted by atomic mass is 16.2. The van der Waals surface area contributed by atoms with Gasteiger partial charge in [-0.15, -0.1) is 10.2 Å². The predicted molar refractivity (Wildman–Crippen MR) is 112 cm³/mol. The Morgan fingerprint density at radius 3 is 2.53 bits per heavy atom. The Labute approximate surface area is 173 Å². The molecule has 0 bridgehead atoms. The van der Waals surface area contributed by atoms with Gasteiger partial charge in [0.25, 0.3) is 11.5 Å². The number of rotatable bonds is 6. The molecule has 1 amide bonds. The first kappa shape index (κ1) is 19.7. The van der Waals surface area contributed by atoms with Gasteiger partial charge in [-0.05, 0) is 44.2 Å². The van der Waals surface area contributed by atoms with Gasteiger partial charge in [-0.3, -0.25) is 14.6 Å². The molecule has 1 N–H and O–H groups in total. The van der Waals surface area contributed by atoms with Crippen LogP contribution in [0.4, 0.5) is 5.82 Å². The minimum Gasteiger partial charge on any atom is -0.354 e. The van der Waals surface area contributed by atoms with E-state index in [0.717, 1.165) is 30.2 Å². The summed E-state index contributed by atoms with van der Waals surface area (Å²) in [5.41, 5.74) is 1.82. The van der Waals surface area contributed by atoms with Crippen molar-refractivity contribution in [2.24, 2.45) is 5.92 Å². The molecular weight excluding hydrogens is 382 g/mol. The number of nitrogens with zero attached hydrogens (tertiary/aromatic N) is 6. The molecule has 30 heavy (non-hydrogen) atoms. The van der Waals surface area contributed by atoms with E-state index in [-0.39, 0.29) is 23.2 Å². The topological polar surface area (TPSA) is 106 Å². The molecule has 1 saturated heterocycles. The molecule has 1 fully saturated rings. The molecule has 154 valence electrons. The normalized spacial score (nSPS) is 13.9. The molecule has 4 heterocycles. The lowest BCUT2D eigenvalue weighted by molar-refractivity contribution is 0.0936. The Kier molecular flexibility index (Phi) is 5.51. The van der Waals surface area contributed by atoms with Crippen LogP contribution in [0.3, 0.4) is 0 Å². The maximum atomic E-state index is 12.4. The quantitative estimate of drug-likeness (QED) is 0.663. The summed E-state index contributed by atoms with van der Waals surface area (Å²) in [5.74, 6) is 0.872. The Morgan fingerprint density at radius 2 is 1.87 bits per heavy atom. The molecule has 1 aliphatic rings. The van der Waals surface area contributed by atoms with Gasteiger partial charge in [-0.1, -0.05) is 0 Å². The summed E-state index contributed by atoms with van der Waals surface area (Å²) in [4.78, 5) is 30.3. The molecule has 0 atom stereocenters. The highest BCUT2D eigenvalue weighted by Gasteiger charge is 2.28. The highest BCUT2D eigenvalue weighted by molar-refractivity contribution is 5.92. The summed E-state index contributed by atoms with van der Waals surface area (Å²) in [6.07, 6.45) is 3.46. The Morgan fingerprint density at radius 1 is 1.10 bits per heavy atom. The van der Waals surface area contributed by atoms with E-state index in [0.29, 0.717) is 12.5 Å². The number of amides is 1. The van der Waals surface area contributed by atoms with Crippen LogP contribution >= 0.6 is 0 Å². The molecule has 0 aliphatic carbocycles. The van der Waals surface area contributed by atoms with Crippen molar-refractivity contribution >= 4 is 11.7 Å². The van der Waals surface area contributed by atoms with Gasteiger partial charge in [-0.25, -0.2) is 4.68 Å². The van der Waals surface area contributed by atoms with E-state index in [4.69, 9.17) is 0 Å². The van der Waals surface area contributed by atoms with Crippen LogP contribution in [0.25, 0.3) is 11.3 Å². The van der Waals surface area contributed by atoms with Gasteiger partial charge >= 0.3 is 0 Å². The van der Waals surface area contributed by atoms with Gasteiger partial charge < -0.3 is 10.2 Å². The lowest BCUT2D eigenvalue weighted by Crippen LogP contribution is -2.52. The van der Waals surface area contributed by atoms with Crippen molar-refractivity contribution in [3.63, 3.8) is 0 Å². The van der Waals surface area contributed by atoms with Gasteiger partial charge in [0.15, 0.2) is 5.82 Å². The van der Waals surface area contributed by atoms with Crippen molar-refractivity contribution < 1.29 is 4.79 Å². The van der Waals surface area contributed by atoms with Crippen LogP contribution in [0.1, 0.15) is 30.4 Å². The van der Waals surface area contributed by atoms with Crippen LogP contribution in [0.15, 0.2) is 53.6 Å². The largest absolute Gasteiger partial charge is 0.354 e. The number of carbonyl (C=O) groups excluding carboxylic acids is 1. The predicted octanol–water partition coefficient (Wildman–Crippen LogP) is 1.54. The fourth-order valence-corrected chi connectivity index (χ4v) is 3.30. The molecule has 3 aromatic heterocycles. The molecule has 4 rings (SSSR count). The van der Waals surface area contributed by atoms with Gasteiger partial charge in [0, 0.05) is 49.6 Å². The zero-order valence-corrected chi connectivity index (χ0v) is 16.9. The second kappa shape index (κ2) is 8.40. The number of nitrogens with one attached hydrogen (secondary N) is 1. The van der Waals surface area contributed by atoms with Gasteiger partial charge in [0.1, 0.15) is 5.69 Å². The number of hydrogen-bond donors (Lipinski definition) is 1. The Hall–Kier alpha value is -3.62. The summed E-state index contributed by atoms with van der Waals surface area (Å²) in [6.45, 7) is 5.84. The van der Waals surface area contributed by atoms with Crippen molar-refractivity contribution in [1.29, 1.82) is 0 Å². The maximum Gasteiger partial charge on any atom is 0.271 e. The average Bonchev–Trinajstić information content (AvgIpc) is 2.73. The zero-order chi connectivity index (χ0) is 21.1. The van der Waals surface area contributed by atoms with E-state index in [2.05, 4.69) is 30.5 Å². The van der Waals surface area contributed by atoms with Gasteiger partial charge in [0.05, 0.1) is 11.7 Å². The van der Waals surface area contributed by atoms with Crippen LogP contribution in [-0.2, 0) is 0 Å². The number of hydrogen-bond acceptors (Lipinski definition) is 7. The van der Waals surface area contributed by atoms with Gasteiger partial charge in [0.2, 0.25) is 0 Å². The first-order chi connectivity index (χ1) is 14.5. The van der Waals surface area contributed by atoms with Crippen LogP contribution in [0, 0.1) is 5.92 Å². The van der Waals surface area contributed by atoms with E-state index < -0.39 is 0 Å². The third kappa shape index (κ3) is 4.19. The fourth-order valence-electron chi connectivity index (χ4n) is 3.30. The standard InChI is InChI=1S/C21H23N7O2/c1-14(2)28-20(29)6-4-18(26-28)21(30)23-11-15-12-27(13-15)19-5-3-17(24-25-19)16-7-9-22-10-8-16/h3-10,14-15H,11-13H2,1-2H3,(H,23,30). The molecule has 0 saturated carbocycles. The second-order valence-corrected chi connectivity index (χ2v) is 7.59. The molecule has 9 heteroatoms. The van der Waals surface area contributed by atoms with E-state index >= 15 is 0 Å². The number of pyridine rings is 1. The summed E-state index contributed by atoms with van der Waals surface area (Å²) >= 11 is 0. The Bertz CT molecular complexity index is 1070. The first-order valence-electron chi connectivity index (χ1n) is 9.88. The third-order valence-corrected chi connectivity index (χ3v) is 5.01. The highest BCUT2D eigenvalue weighted by Crippen LogP contribution is 2.23. The SMILES string of the molecule is CC(C)n1nc(C(=O)NCC2CN(c3ccc(-c4ccncc4)nn3)C2)ccc1=O. The average molecular weight is 405 g/mol. The lowest BCUT2D eigenvalue weighted by atomic mass is 10.00. The van der Waals surface area contributed by atoms with Crippen molar-refractivity contribution in [2.75, 3.05) is 24.5 Å². The summed E-state index contributed by atoms with van der Waals surface area (Å²) in [7, 11) is 0. The smallest absolute Gasteiger partial charge is 0.271 e. The molecule has 0 unspecified atom stereocenters. The molecule has 0 spiro atoms. The molecule has 0 radical (unpaired) electrons. The van der Waals surface area contributed by atoms with Crippen molar-refractivity contribution in [1.82, 2.24) is 30.3 Å². The van der Waals surface area contributed by atoms with Crippen molar-refractivity contribution in [3.8, 4) is 11.3 Å². The van der Waals surface area contributed by atoms with Crippen molar-refractivity contribution in [2.45, 2.75) is 19.9 Å². The molecule has 9 nitrogen and oxygen atoms in total. The third-order valence-electron chi connectivity index (χ3n) is 5.01. The molecule has 1 aliphatic heterocycles. The summed E-state index contributed by atoms with van der Waals surface area (Å²) < 4.78 is 1.31. The molecule has 0 aromatic carbocycles. The maximum absolute atomic E-state index is 12.4. The zero-order valence-electron chi connectivity index (χ0n) is 16.9. The lowest BCUT2D eigenvalue weighted by Gasteiger charge is -2.39. The fraction of sp³-hybridized carbons (Fsp3) is 0.333. The Balaban J connectivity index is 1.29. The molecular formula is C21H23N7O2. The van der Waals surface area contributed by atoms with Crippen LogP contribution in [0.2, 0.25) is 0 Å². The second-order valence-electron chi connectivity index (χ2n) is 7.59. The first-order valence-corrected chi connectivity index (χ1v) is 9.88. The summed E-state index contributed by atoms with van der Waals surface area (Å²) in [5, 5.41) is 15.7.